The lowest BCUT2D eigenvalue weighted by Crippen LogP contribution is -2.53. The maximum absolute atomic E-state index is 11.5. The SMILES string of the molecule is O[C@](CO[C@@H]1CN2CCC1CC2)(c1ccccc1)C1CCCC1. The Morgan fingerprint density at radius 2 is 1.74 bits per heavy atom. The number of ether oxygens (including phenoxy) is 1. The number of fused-ring (bicyclic) bond motifs is 3. The minimum Gasteiger partial charge on any atom is -0.382 e. The Kier molecular flexibility index (Phi) is 4.44. The summed E-state index contributed by atoms with van der Waals surface area (Å²) >= 11 is 0. The molecule has 1 aromatic rings. The highest BCUT2D eigenvalue weighted by molar-refractivity contribution is 5.24. The van der Waals surface area contributed by atoms with Crippen LogP contribution in [0.25, 0.3) is 0 Å². The van der Waals surface area contributed by atoms with E-state index in [9.17, 15) is 5.11 Å². The van der Waals surface area contributed by atoms with Gasteiger partial charge < -0.3 is 14.7 Å². The largest absolute Gasteiger partial charge is 0.382 e. The van der Waals surface area contributed by atoms with E-state index in [1.54, 1.807) is 0 Å². The Morgan fingerprint density at radius 3 is 2.35 bits per heavy atom. The van der Waals surface area contributed by atoms with E-state index in [1.165, 1.54) is 38.8 Å². The van der Waals surface area contributed by atoms with E-state index in [0.717, 1.165) is 24.9 Å². The van der Waals surface area contributed by atoms with E-state index >= 15 is 0 Å². The first-order chi connectivity index (χ1) is 11.3. The number of benzene rings is 1. The quantitative estimate of drug-likeness (QED) is 0.906. The van der Waals surface area contributed by atoms with Crippen molar-refractivity contribution in [1.29, 1.82) is 0 Å². The molecule has 3 heteroatoms. The van der Waals surface area contributed by atoms with Crippen LogP contribution in [-0.2, 0) is 10.3 Å². The van der Waals surface area contributed by atoms with Crippen molar-refractivity contribution in [2.24, 2.45) is 11.8 Å². The van der Waals surface area contributed by atoms with Gasteiger partial charge in [-0.25, -0.2) is 0 Å². The summed E-state index contributed by atoms with van der Waals surface area (Å²) in [5.74, 6) is 1.04. The van der Waals surface area contributed by atoms with Gasteiger partial charge in [0.05, 0.1) is 12.7 Å². The molecule has 5 rings (SSSR count). The molecular weight excluding hydrogens is 286 g/mol. The standard InChI is InChI=1S/C20H29NO2/c22-20(18-8-4-5-9-18,17-6-2-1-3-7-17)15-23-19-14-21-12-10-16(19)11-13-21/h1-3,6-7,16,18-19,22H,4-5,8-15H2/t19-,20-/m1/s1. The number of aliphatic hydroxyl groups is 1. The summed E-state index contributed by atoms with van der Waals surface area (Å²) < 4.78 is 6.36. The van der Waals surface area contributed by atoms with E-state index in [-0.39, 0.29) is 0 Å². The second-order valence-corrected chi connectivity index (χ2v) is 7.76. The summed E-state index contributed by atoms with van der Waals surface area (Å²) in [4.78, 5) is 2.52. The van der Waals surface area contributed by atoms with Crippen molar-refractivity contribution < 1.29 is 9.84 Å². The van der Waals surface area contributed by atoms with E-state index in [0.29, 0.717) is 24.5 Å². The number of hydrogen-bond acceptors (Lipinski definition) is 3. The smallest absolute Gasteiger partial charge is 0.116 e. The number of hydrogen-bond donors (Lipinski definition) is 1. The molecule has 1 aromatic carbocycles. The van der Waals surface area contributed by atoms with Crippen molar-refractivity contribution in [3.8, 4) is 0 Å². The average molecular weight is 315 g/mol. The minimum absolute atomic E-state index is 0.314. The predicted octanol–water partition coefficient (Wildman–Crippen LogP) is 3.18. The van der Waals surface area contributed by atoms with Gasteiger partial charge in [-0.05, 0) is 56.2 Å². The fourth-order valence-corrected chi connectivity index (χ4v) is 4.90. The molecule has 0 radical (unpaired) electrons. The van der Waals surface area contributed by atoms with Gasteiger partial charge in [-0.2, -0.15) is 0 Å². The molecule has 0 aromatic heterocycles. The summed E-state index contributed by atoms with van der Waals surface area (Å²) in [6, 6.07) is 10.2. The number of nitrogens with zero attached hydrogens (tertiary/aromatic N) is 1. The van der Waals surface area contributed by atoms with E-state index in [2.05, 4.69) is 17.0 Å². The lowest BCUT2D eigenvalue weighted by molar-refractivity contribution is -0.143. The molecule has 0 unspecified atom stereocenters. The second-order valence-electron chi connectivity index (χ2n) is 7.76. The summed E-state index contributed by atoms with van der Waals surface area (Å²) in [6.45, 7) is 3.98. The Balaban J connectivity index is 1.49. The molecule has 3 heterocycles. The van der Waals surface area contributed by atoms with Crippen molar-refractivity contribution in [2.45, 2.75) is 50.2 Å². The first-order valence-corrected chi connectivity index (χ1v) is 9.37. The zero-order valence-corrected chi connectivity index (χ0v) is 14.0. The van der Waals surface area contributed by atoms with Gasteiger partial charge in [-0.1, -0.05) is 43.2 Å². The van der Waals surface area contributed by atoms with Crippen LogP contribution in [0.15, 0.2) is 30.3 Å². The average Bonchev–Trinajstić information content (AvgIpc) is 3.17. The molecule has 0 amide bonds. The van der Waals surface area contributed by atoms with Gasteiger partial charge in [0.2, 0.25) is 0 Å². The Morgan fingerprint density at radius 1 is 1.04 bits per heavy atom. The third-order valence-electron chi connectivity index (χ3n) is 6.42. The van der Waals surface area contributed by atoms with Crippen molar-refractivity contribution in [1.82, 2.24) is 4.90 Å². The third-order valence-corrected chi connectivity index (χ3v) is 6.42. The zero-order chi connectivity index (χ0) is 15.7. The van der Waals surface area contributed by atoms with Crippen molar-refractivity contribution in [3.63, 3.8) is 0 Å². The summed E-state index contributed by atoms with van der Waals surface area (Å²) in [7, 11) is 0. The highest BCUT2D eigenvalue weighted by Gasteiger charge is 2.42. The van der Waals surface area contributed by atoms with Crippen LogP contribution in [0.1, 0.15) is 44.1 Å². The molecule has 1 aliphatic carbocycles. The Hall–Kier alpha value is -0.900. The van der Waals surface area contributed by atoms with Crippen LogP contribution in [0.2, 0.25) is 0 Å². The van der Waals surface area contributed by atoms with Crippen molar-refractivity contribution in [3.05, 3.63) is 35.9 Å². The van der Waals surface area contributed by atoms with Crippen LogP contribution in [0.3, 0.4) is 0 Å². The van der Waals surface area contributed by atoms with Gasteiger partial charge in [0.25, 0.3) is 0 Å². The molecule has 3 aliphatic heterocycles. The molecule has 0 spiro atoms. The lowest BCUT2D eigenvalue weighted by Gasteiger charge is -2.46. The van der Waals surface area contributed by atoms with E-state index in [1.807, 2.05) is 18.2 Å². The van der Waals surface area contributed by atoms with Crippen LogP contribution >= 0.6 is 0 Å². The first kappa shape index (κ1) is 15.6. The predicted molar refractivity (Wildman–Crippen MR) is 91.2 cm³/mol. The molecule has 4 fully saturated rings. The maximum Gasteiger partial charge on any atom is 0.116 e. The maximum atomic E-state index is 11.5. The molecule has 2 bridgehead atoms. The van der Waals surface area contributed by atoms with Crippen molar-refractivity contribution >= 4 is 0 Å². The second kappa shape index (κ2) is 6.54. The third kappa shape index (κ3) is 3.07. The Labute approximate surface area is 139 Å². The normalized spacial score (nSPS) is 33.7. The number of rotatable bonds is 5. The fraction of sp³-hybridized carbons (Fsp3) is 0.700. The van der Waals surface area contributed by atoms with Gasteiger partial charge >= 0.3 is 0 Å². The molecule has 4 aliphatic rings. The van der Waals surface area contributed by atoms with Gasteiger partial charge in [-0.3, -0.25) is 0 Å². The van der Waals surface area contributed by atoms with Crippen LogP contribution < -0.4 is 0 Å². The van der Waals surface area contributed by atoms with Crippen LogP contribution in [0, 0.1) is 11.8 Å². The molecule has 1 saturated carbocycles. The van der Waals surface area contributed by atoms with Gasteiger partial charge in [0.1, 0.15) is 5.60 Å². The molecule has 3 saturated heterocycles. The zero-order valence-electron chi connectivity index (χ0n) is 14.0. The molecule has 23 heavy (non-hydrogen) atoms. The topological polar surface area (TPSA) is 32.7 Å². The monoisotopic (exact) mass is 315 g/mol. The molecule has 126 valence electrons. The summed E-state index contributed by atoms with van der Waals surface area (Å²) in [6.07, 6.45) is 7.55. The van der Waals surface area contributed by atoms with Gasteiger partial charge in [0.15, 0.2) is 0 Å². The Bertz CT molecular complexity index is 506. The summed E-state index contributed by atoms with van der Waals surface area (Å²) in [5.41, 5.74) is 0.220. The fourth-order valence-electron chi connectivity index (χ4n) is 4.90. The highest BCUT2D eigenvalue weighted by atomic mass is 16.5. The van der Waals surface area contributed by atoms with E-state index in [4.69, 9.17) is 4.74 Å². The van der Waals surface area contributed by atoms with Gasteiger partial charge in [-0.15, -0.1) is 0 Å². The minimum atomic E-state index is -0.816. The van der Waals surface area contributed by atoms with Crippen LogP contribution in [-0.4, -0.2) is 42.4 Å². The molecule has 3 nitrogen and oxygen atoms in total. The lowest BCUT2D eigenvalue weighted by atomic mass is 9.80. The molecular formula is C20H29NO2. The number of piperidine rings is 3. The highest BCUT2D eigenvalue weighted by Crippen LogP contribution is 2.41. The van der Waals surface area contributed by atoms with Crippen LogP contribution in [0.4, 0.5) is 0 Å². The molecule has 2 atom stereocenters. The van der Waals surface area contributed by atoms with Crippen LogP contribution in [0.5, 0.6) is 0 Å². The molecule has 1 N–H and O–H groups in total. The first-order valence-electron chi connectivity index (χ1n) is 9.37. The van der Waals surface area contributed by atoms with E-state index < -0.39 is 5.60 Å². The summed E-state index contributed by atoms with van der Waals surface area (Å²) in [5, 5.41) is 11.5. The van der Waals surface area contributed by atoms with Gasteiger partial charge in [0, 0.05) is 6.54 Å². The van der Waals surface area contributed by atoms with Crippen molar-refractivity contribution in [2.75, 3.05) is 26.2 Å².